The Kier molecular flexibility index (Phi) is 7.28. The first-order valence-corrected chi connectivity index (χ1v) is 11.1. The van der Waals surface area contributed by atoms with Crippen LogP contribution in [0.25, 0.3) is 22.2 Å². The van der Waals surface area contributed by atoms with E-state index in [2.05, 4.69) is 25.9 Å². The Bertz CT molecular complexity index is 1420. The number of amides is 1. The van der Waals surface area contributed by atoms with Crippen molar-refractivity contribution in [2.24, 2.45) is 5.11 Å². The standard InChI is InChI=1S/C26H25FN6O3/c1-26(2,35)15-36-33-25(34)19-7-6-18(13-20(19)27)22-9-10-23(32-28)24(31-22)30-14-16-5-8-21-17(12-16)4-3-11-29-21/h3-13,28,35H,14-15H2,1-2H3,(H,30,31)(H,33,34). The van der Waals surface area contributed by atoms with Gasteiger partial charge >= 0.3 is 0 Å². The van der Waals surface area contributed by atoms with Crippen molar-refractivity contribution in [1.29, 1.82) is 5.53 Å². The largest absolute Gasteiger partial charge is 0.388 e. The number of rotatable bonds is 9. The number of anilines is 1. The number of fused-ring (bicyclic) bond motifs is 1. The van der Waals surface area contributed by atoms with Crippen molar-refractivity contribution in [2.45, 2.75) is 26.0 Å². The van der Waals surface area contributed by atoms with Crippen molar-refractivity contribution in [3.05, 3.63) is 83.8 Å². The van der Waals surface area contributed by atoms with Gasteiger partial charge in [0.05, 0.1) is 22.4 Å². The molecule has 184 valence electrons. The van der Waals surface area contributed by atoms with Crippen molar-refractivity contribution < 1.29 is 19.1 Å². The van der Waals surface area contributed by atoms with E-state index in [4.69, 9.17) is 10.4 Å². The molecule has 0 aliphatic heterocycles. The highest BCUT2D eigenvalue weighted by molar-refractivity contribution is 5.94. The lowest BCUT2D eigenvalue weighted by Gasteiger charge is -2.16. The van der Waals surface area contributed by atoms with E-state index in [-0.39, 0.29) is 12.2 Å². The second-order valence-corrected chi connectivity index (χ2v) is 8.79. The normalized spacial score (nSPS) is 11.3. The third-order valence-electron chi connectivity index (χ3n) is 5.22. The first kappa shape index (κ1) is 24.8. The molecule has 0 radical (unpaired) electrons. The Morgan fingerprint density at radius 1 is 1.17 bits per heavy atom. The molecule has 2 aromatic heterocycles. The number of carbonyl (C=O) groups excluding carboxylic acids is 1. The monoisotopic (exact) mass is 488 g/mol. The molecule has 2 heterocycles. The van der Waals surface area contributed by atoms with Crippen LogP contribution >= 0.6 is 0 Å². The Labute approximate surface area is 206 Å². The number of pyridine rings is 2. The van der Waals surface area contributed by atoms with Crippen LogP contribution in [0.4, 0.5) is 15.9 Å². The zero-order valence-corrected chi connectivity index (χ0v) is 19.7. The van der Waals surface area contributed by atoms with Crippen molar-refractivity contribution in [3.63, 3.8) is 0 Å². The van der Waals surface area contributed by atoms with E-state index < -0.39 is 17.3 Å². The van der Waals surface area contributed by atoms with Crippen LogP contribution < -0.4 is 10.8 Å². The molecule has 0 saturated carbocycles. The van der Waals surface area contributed by atoms with Gasteiger partial charge in [-0.05, 0) is 61.9 Å². The van der Waals surface area contributed by atoms with Crippen LogP contribution in [-0.2, 0) is 11.4 Å². The summed E-state index contributed by atoms with van der Waals surface area (Å²) in [5.41, 5.74) is 11.3. The second-order valence-electron chi connectivity index (χ2n) is 8.79. The number of hydroxylamine groups is 1. The number of aliphatic hydroxyl groups is 1. The van der Waals surface area contributed by atoms with Crippen LogP contribution in [0, 0.1) is 11.3 Å². The molecule has 36 heavy (non-hydrogen) atoms. The fourth-order valence-electron chi connectivity index (χ4n) is 3.45. The van der Waals surface area contributed by atoms with Gasteiger partial charge < -0.3 is 10.4 Å². The molecular formula is C26H25FN6O3. The molecule has 0 aliphatic rings. The lowest BCUT2D eigenvalue weighted by molar-refractivity contribution is -0.0523. The van der Waals surface area contributed by atoms with Crippen LogP contribution in [0.2, 0.25) is 0 Å². The summed E-state index contributed by atoms with van der Waals surface area (Å²) in [5, 5.41) is 17.4. The minimum Gasteiger partial charge on any atom is -0.388 e. The Morgan fingerprint density at radius 3 is 2.75 bits per heavy atom. The number of nitrogens with one attached hydrogen (secondary N) is 3. The summed E-state index contributed by atoms with van der Waals surface area (Å²) in [7, 11) is 0. The molecule has 4 rings (SSSR count). The van der Waals surface area contributed by atoms with Gasteiger partial charge in [0.2, 0.25) is 0 Å². The fraction of sp³-hybridized carbons (Fsp3) is 0.192. The average Bonchev–Trinajstić information content (AvgIpc) is 2.86. The first-order chi connectivity index (χ1) is 17.2. The smallest absolute Gasteiger partial charge is 0.277 e. The molecule has 2 aromatic carbocycles. The van der Waals surface area contributed by atoms with Crippen LogP contribution in [0.1, 0.15) is 29.8 Å². The van der Waals surface area contributed by atoms with E-state index >= 15 is 0 Å². The maximum atomic E-state index is 14.7. The fourth-order valence-corrected chi connectivity index (χ4v) is 3.45. The van der Waals surface area contributed by atoms with E-state index in [1.807, 2.05) is 30.3 Å². The predicted octanol–water partition coefficient (Wildman–Crippen LogP) is 5.14. The van der Waals surface area contributed by atoms with Crippen molar-refractivity contribution in [3.8, 4) is 11.3 Å². The van der Waals surface area contributed by atoms with Gasteiger partial charge in [-0.3, -0.25) is 14.6 Å². The summed E-state index contributed by atoms with van der Waals surface area (Å²) in [5.74, 6) is -1.16. The zero-order valence-electron chi connectivity index (χ0n) is 19.7. The van der Waals surface area contributed by atoms with Gasteiger partial charge in [-0.15, -0.1) is 0 Å². The number of nitrogens with zero attached hydrogens (tertiary/aromatic N) is 3. The van der Waals surface area contributed by atoms with Gasteiger partial charge in [0.1, 0.15) is 18.1 Å². The molecular weight excluding hydrogens is 463 g/mol. The van der Waals surface area contributed by atoms with Gasteiger partial charge in [0, 0.05) is 23.7 Å². The van der Waals surface area contributed by atoms with Crippen molar-refractivity contribution in [1.82, 2.24) is 15.4 Å². The van der Waals surface area contributed by atoms with Crippen molar-refractivity contribution in [2.75, 3.05) is 11.9 Å². The molecule has 0 fully saturated rings. The van der Waals surface area contributed by atoms with Gasteiger partial charge in [0.15, 0.2) is 5.82 Å². The zero-order chi connectivity index (χ0) is 25.7. The van der Waals surface area contributed by atoms with Crippen LogP contribution in [0.15, 0.2) is 72.0 Å². The number of benzene rings is 2. The van der Waals surface area contributed by atoms with Crippen LogP contribution in [0.3, 0.4) is 0 Å². The van der Waals surface area contributed by atoms with Gasteiger partial charge in [0.25, 0.3) is 5.91 Å². The van der Waals surface area contributed by atoms with Gasteiger partial charge in [-0.1, -0.05) is 18.2 Å². The topological polar surface area (TPSA) is 133 Å². The molecule has 4 N–H and O–H groups in total. The summed E-state index contributed by atoms with van der Waals surface area (Å²) >= 11 is 0. The quantitative estimate of drug-likeness (QED) is 0.190. The molecule has 0 bridgehead atoms. The molecule has 9 nitrogen and oxygen atoms in total. The minimum absolute atomic E-state index is 0.151. The van der Waals surface area contributed by atoms with Crippen molar-refractivity contribution >= 4 is 28.3 Å². The van der Waals surface area contributed by atoms with E-state index in [9.17, 15) is 14.3 Å². The molecule has 1 amide bonds. The Hall–Kier alpha value is -4.28. The number of aromatic nitrogens is 2. The summed E-state index contributed by atoms with van der Waals surface area (Å²) in [6.07, 6.45) is 1.74. The SMILES string of the molecule is CC(C)(O)CONC(=O)c1ccc(-c2ccc(N=N)c(NCc3ccc4ncccc4c3)n2)cc1F. The van der Waals surface area contributed by atoms with Crippen LogP contribution in [0.5, 0.6) is 0 Å². The third-order valence-corrected chi connectivity index (χ3v) is 5.22. The predicted molar refractivity (Wildman–Crippen MR) is 133 cm³/mol. The van der Waals surface area contributed by atoms with E-state index in [0.717, 1.165) is 16.5 Å². The Morgan fingerprint density at radius 2 is 2.00 bits per heavy atom. The molecule has 0 aliphatic carbocycles. The molecule has 0 unspecified atom stereocenters. The highest BCUT2D eigenvalue weighted by Crippen LogP contribution is 2.29. The highest BCUT2D eigenvalue weighted by Gasteiger charge is 2.17. The first-order valence-electron chi connectivity index (χ1n) is 11.1. The molecule has 4 aromatic rings. The van der Waals surface area contributed by atoms with Gasteiger partial charge in [-0.2, -0.15) is 5.11 Å². The minimum atomic E-state index is -1.14. The molecule has 0 saturated heterocycles. The molecule has 10 heteroatoms. The summed E-state index contributed by atoms with van der Waals surface area (Å²) in [4.78, 5) is 26.0. The molecule has 0 spiro atoms. The van der Waals surface area contributed by atoms with E-state index in [0.29, 0.717) is 29.3 Å². The van der Waals surface area contributed by atoms with E-state index in [1.165, 1.54) is 26.0 Å². The Balaban J connectivity index is 1.50. The number of hydrogen-bond acceptors (Lipinski definition) is 8. The summed E-state index contributed by atoms with van der Waals surface area (Å²) in [6, 6.07) is 17.1. The van der Waals surface area contributed by atoms with Gasteiger partial charge in [-0.25, -0.2) is 20.4 Å². The second kappa shape index (κ2) is 10.5. The maximum Gasteiger partial charge on any atom is 0.277 e. The summed E-state index contributed by atoms with van der Waals surface area (Å²) < 4.78 is 14.7. The lowest BCUT2D eigenvalue weighted by Crippen LogP contribution is -2.33. The molecule has 0 atom stereocenters. The van der Waals surface area contributed by atoms with Crippen LogP contribution in [-0.4, -0.2) is 33.2 Å². The highest BCUT2D eigenvalue weighted by atomic mass is 19.1. The van der Waals surface area contributed by atoms with E-state index in [1.54, 1.807) is 24.4 Å². The number of carbonyl (C=O) groups is 1. The maximum absolute atomic E-state index is 14.7. The average molecular weight is 489 g/mol. The number of hydrogen-bond donors (Lipinski definition) is 4. The third kappa shape index (κ3) is 6.04. The lowest BCUT2D eigenvalue weighted by atomic mass is 10.1. The summed E-state index contributed by atoms with van der Waals surface area (Å²) in [6.45, 7) is 3.32. The number of halogens is 1.